The van der Waals surface area contributed by atoms with E-state index in [1.807, 2.05) is 6.07 Å². The molecule has 0 amide bonds. The van der Waals surface area contributed by atoms with Gasteiger partial charge in [0.2, 0.25) is 0 Å². The van der Waals surface area contributed by atoms with Crippen molar-refractivity contribution >= 4 is 23.5 Å². The third kappa shape index (κ3) is 4.57. The van der Waals surface area contributed by atoms with Crippen molar-refractivity contribution in [3.05, 3.63) is 58.6 Å². The summed E-state index contributed by atoms with van der Waals surface area (Å²) < 4.78 is 0. The summed E-state index contributed by atoms with van der Waals surface area (Å²) in [5.74, 6) is -2.08. The lowest BCUT2D eigenvalue weighted by Gasteiger charge is -2.15. The molecule has 126 valence electrons. The summed E-state index contributed by atoms with van der Waals surface area (Å²) in [5, 5.41) is 18.3. The third-order valence-electron chi connectivity index (χ3n) is 3.79. The highest BCUT2D eigenvalue weighted by Gasteiger charge is 2.16. The molecule has 2 aromatic rings. The number of carboxylic acid groups (broad SMARTS) is 2. The molecular weight excluding hydrogens is 330 g/mol. The molecule has 24 heavy (non-hydrogen) atoms. The van der Waals surface area contributed by atoms with Crippen LogP contribution in [0.1, 0.15) is 23.5 Å². The molecule has 2 aromatic carbocycles. The van der Waals surface area contributed by atoms with Gasteiger partial charge in [-0.05, 0) is 35.4 Å². The van der Waals surface area contributed by atoms with E-state index in [4.69, 9.17) is 27.5 Å². The highest BCUT2D eigenvalue weighted by molar-refractivity contribution is 6.33. The Morgan fingerprint density at radius 1 is 1.04 bits per heavy atom. The highest BCUT2D eigenvalue weighted by Crippen LogP contribution is 2.32. The number of hydrogen-bond donors (Lipinski definition) is 3. The summed E-state index contributed by atoms with van der Waals surface area (Å²) >= 11 is 6.27. The zero-order chi connectivity index (χ0) is 17.7. The van der Waals surface area contributed by atoms with Crippen LogP contribution in [-0.4, -0.2) is 28.7 Å². The van der Waals surface area contributed by atoms with Gasteiger partial charge in [0.15, 0.2) is 0 Å². The van der Waals surface area contributed by atoms with Gasteiger partial charge in [-0.3, -0.25) is 9.59 Å². The second-order valence-corrected chi connectivity index (χ2v) is 5.94. The Morgan fingerprint density at radius 3 is 2.25 bits per heavy atom. The summed E-state index contributed by atoms with van der Waals surface area (Å²) in [6, 6.07) is 12.4. The van der Waals surface area contributed by atoms with Crippen molar-refractivity contribution in [1.82, 2.24) is 0 Å². The van der Waals surface area contributed by atoms with Gasteiger partial charge in [0.1, 0.15) is 0 Å². The van der Waals surface area contributed by atoms with Crippen molar-refractivity contribution in [3.63, 3.8) is 0 Å². The Hall–Kier alpha value is -2.37. The van der Waals surface area contributed by atoms with Gasteiger partial charge in [0.25, 0.3) is 0 Å². The number of nitrogens with two attached hydrogens (primary N) is 1. The number of rotatable bonds is 7. The van der Waals surface area contributed by atoms with E-state index in [0.29, 0.717) is 10.6 Å². The Balaban J connectivity index is 2.34. The van der Waals surface area contributed by atoms with Gasteiger partial charge in [-0.2, -0.15) is 0 Å². The number of benzene rings is 2. The van der Waals surface area contributed by atoms with Crippen LogP contribution in [0, 0.1) is 0 Å². The Kier molecular flexibility index (Phi) is 5.95. The van der Waals surface area contributed by atoms with Crippen LogP contribution in [0.3, 0.4) is 0 Å². The average molecular weight is 348 g/mol. The van der Waals surface area contributed by atoms with E-state index < -0.39 is 11.9 Å². The van der Waals surface area contributed by atoms with Crippen molar-refractivity contribution in [3.8, 4) is 11.1 Å². The standard InChI is InChI=1S/C18H18ClNO4/c19-16-6-5-13(14(10-20)9-18(23)24)8-15(16)12-3-1-11(2-4-12)7-17(21)22/h1-6,8,14H,7,9-10,20H2,(H,21,22)(H,23,24)/t14-/m0/s1. The minimum Gasteiger partial charge on any atom is -0.481 e. The summed E-state index contributed by atoms with van der Waals surface area (Å²) in [5.41, 5.74) is 8.81. The molecule has 0 aromatic heterocycles. The predicted octanol–water partition coefficient (Wildman–Crippen LogP) is 3.15. The maximum Gasteiger partial charge on any atom is 0.307 e. The normalized spacial score (nSPS) is 11.9. The van der Waals surface area contributed by atoms with E-state index in [0.717, 1.165) is 16.7 Å². The molecular formula is C18H18ClNO4. The van der Waals surface area contributed by atoms with Crippen molar-refractivity contribution in [2.75, 3.05) is 6.54 Å². The first kappa shape index (κ1) is 18.0. The van der Waals surface area contributed by atoms with Crippen LogP contribution in [0.4, 0.5) is 0 Å². The number of carboxylic acids is 2. The lowest BCUT2D eigenvalue weighted by atomic mass is 9.92. The summed E-state index contributed by atoms with van der Waals surface area (Å²) in [6.45, 7) is 0.227. The largest absolute Gasteiger partial charge is 0.481 e. The first-order chi connectivity index (χ1) is 11.4. The van der Waals surface area contributed by atoms with Gasteiger partial charge < -0.3 is 15.9 Å². The molecule has 6 heteroatoms. The zero-order valence-corrected chi connectivity index (χ0v) is 13.7. The maximum absolute atomic E-state index is 11.0. The van der Waals surface area contributed by atoms with Crippen LogP contribution < -0.4 is 5.73 Å². The van der Waals surface area contributed by atoms with Crippen LogP contribution in [0.15, 0.2) is 42.5 Å². The predicted molar refractivity (Wildman–Crippen MR) is 92.3 cm³/mol. The van der Waals surface area contributed by atoms with E-state index >= 15 is 0 Å². The Morgan fingerprint density at radius 2 is 1.71 bits per heavy atom. The molecule has 0 fully saturated rings. The molecule has 1 atom stereocenters. The van der Waals surface area contributed by atoms with Gasteiger partial charge in [-0.15, -0.1) is 0 Å². The van der Waals surface area contributed by atoms with E-state index in [2.05, 4.69) is 0 Å². The molecule has 0 heterocycles. The second kappa shape index (κ2) is 7.95. The molecule has 0 spiro atoms. The second-order valence-electron chi connectivity index (χ2n) is 5.54. The fourth-order valence-electron chi connectivity index (χ4n) is 2.54. The monoisotopic (exact) mass is 347 g/mol. The topological polar surface area (TPSA) is 101 Å². The van der Waals surface area contributed by atoms with Gasteiger partial charge in [0, 0.05) is 16.5 Å². The zero-order valence-electron chi connectivity index (χ0n) is 12.9. The van der Waals surface area contributed by atoms with Crippen LogP contribution >= 0.6 is 11.6 Å². The minimum atomic E-state index is -0.903. The smallest absolute Gasteiger partial charge is 0.307 e. The minimum absolute atomic E-state index is 0.0398. The van der Waals surface area contributed by atoms with Crippen molar-refractivity contribution in [2.45, 2.75) is 18.8 Å². The molecule has 0 aliphatic carbocycles. The van der Waals surface area contributed by atoms with Crippen LogP contribution in [0.5, 0.6) is 0 Å². The van der Waals surface area contributed by atoms with Crippen molar-refractivity contribution < 1.29 is 19.8 Å². The fraction of sp³-hybridized carbons (Fsp3) is 0.222. The molecule has 0 saturated carbocycles. The van der Waals surface area contributed by atoms with Crippen molar-refractivity contribution in [1.29, 1.82) is 0 Å². The molecule has 2 rings (SSSR count). The van der Waals surface area contributed by atoms with E-state index in [1.54, 1.807) is 36.4 Å². The van der Waals surface area contributed by atoms with Crippen molar-refractivity contribution in [2.24, 2.45) is 5.73 Å². The fourth-order valence-corrected chi connectivity index (χ4v) is 2.77. The summed E-state index contributed by atoms with van der Waals surface area (Å²) in [6.07, 6.45) is -0.0863. The van der Waals surface area contributed by atoms with Gasteiger partial charge in [-0.1, -0.05) is 41.9 Å². The molecule has 0 radical (unpaired) electrons. The van der Waals surface area contributed by atoms with Crippen LogP contribution in [0.25, 0.3) is 11.1 Å². The van der Waals surface area contributed by atoms with Crippen LogP contribution in [0.2, 0.25) is 5.02 Å². The molecule has 5 nitrogen and oxygen atoms in total. The number of hydrogen-bond acceptors (Lipinski definition) is 3. The molecule has 0 saturated heterocycles. The quantitative estimate of drug-likeness (QED) is 0.714. The molecule has 4 N–H and O–H groups in total. The number of carbonyl (C=O) groups is 2. The van der Waals surface area contributed by atoms with E-state index in [1.165, 1.54) is 0 Å². The SMILES string of the molecule is NC[C@H](CC(=O)O)c1ccc(Cl)c(-c2ccc(CC(=O)O)cc2)c1. The van der Waals surface area contributed by atoms with Crippen LogP contribution in [-0.2, 0) is 16.0 Å². The third-order valence-corrected chi connectivity index (χ3v) is 4.12. The Labute approximate surface area is 144 Å². The van der Waals surface area contributed by atoms with Gasteiger partial charge in [-0.25, -0.2) is 0 Å². The van der Waals surface area contributed by atoms with Gasteiger partial charge >= 0.3 is 11.9 Å². The molecule has 0 bridgehead atoms. The average Bonchev–Trinajstić information content (AvgIpc) is 2.53. The van der Waals surface area contributed by atoms with Gasteiger partial charge in [0.05, 0.1) is 12.8 Å². The summed E-state index contributed by atoms with van der Waals surface area (Å²) in [7, 11) is 0. The molecule has 0 aliphatic heterocycles. The van der Waals surface area contributed by atoms with E-state index in [9.17, 15) is 9.59 Å². The molecule has 0 unspecified atom stereocenters. The maximum atomic E-state index is 11.0. The number of aliphatic carboxylic acids is 2. The number of halogens is 1. The molecule has 0 aliphatic rings. The summed E-state index contributed by atoms with van der Waals surface area (Å²) in [4.78, 5) is 21.7. The highest BCUT2D eigenvalue weighted by atomic mass is 35.5. The first-order valence-corrected chi connectivity index (χ1v) is 7.81. The van der Waals surface area contributed by atoms with E-state index in [-0.39, 0.29) is 25.3 Å². The lowest BCUT2D eigenvalue weighted by molar-refractivity contribution is -0.138. The lowest BCUT2D eigenvalue weighted by Crippen LogP contribution is -2.16. The Bertz CT molecular complexity index is 743. The first-order valence-electron chi connectivity index (χ1n) is 7.43.